The molecule has 0 bridgehead atoms. The second-order valence-corrected chi connectivity index (χ2v) is 15.2. The number of quaternary nitrogens is 1. The number of nitrogens with zero attached hydrogens (tertiary/aromatic N) is 1. The zero-order chi connectivity index (χ0) is 39.3. The number of rotatable bonds is 37. The van der Waals surface area contributed by atoms with Crippen molar-refractivity contribution in [1.29, 1.82) is 0 Å². The molecule has 0 amide bonds. The Balaban J connectivity index is 4.39. The standard InChI is InChI=1S/C45H79NO7/c1-6-8-10-12-14-16-18-20-21-22-23-24-26-27-29-31-33-35-43(47)52-40-41(39-51-38-37-42(45(49)50)46(3,4)5)53-44(48)36-34-32-30-28-25-19-17-15-13-11-9-7-2/h9,11,15,17,20-21,25,28,41-42H,6-8,10,12-14,16,18-19,22-24,26-27,29-40H2,1-5H3/p+1/b11-9+,17-15+,21-20+,28-25+. The Morgan fingerprint density at radius 3 is 1.62 bits per heavy atom. The molecule has 1 N–H and O–H groups in total. The number of hydrogen-bond donors (Lipinski definition) is 1. The van der Waals surface area contributed by atoms with E-state index in [-0.39, 0.29) is 42.7 Å². The fourth-order valence-electron chi connectivity index (χ4n) is 5.92. The zero-order valence-electron chi connectivity index (χ0n) is 34.7. The highest BCUT2D eigenvalue weighted by molar-refractivity contribution is 5.72. The number of carboxylic acids is 1. The number of aliphatic carboxylic acids is 1. The molecule has 0 aromatic heterocycles. The zero-order valence-corrected chi connectivity index (χ0v) is 34.7. The average molecular weight is 747 g/mol. The number of ether oxygens (including phenoxy) is 3. The van der Waals surface area contributed by atoms with Crippen molar-refractivity contribution in [2.75, 3.05) is 41.0 Å². The highest BCUT2D eigenvalue weighted by Gasteiger charge is 2.31. The smallest absolute Gasteiger partial charge is 0.362 e. The topological polar surface area (TPSA) is 99.1 Å². The number of likely N-dealkylation sites (N-methyl/N-ethyl adjacent to an activating group) is 1. The van der Waals surface area contributed by atoms with Gasteiger partial charge in [0.15, 0.2) is 12.1 Å². The number of allylic oxidation sites excluding steroid dienone is 8. The molecule has 0 spiro atoms. The van der Waals surface area contributed by atoms with Crippen molar-refractivity contribution in [3.05, 3.63) is 48.6 Å². The maximum absolute atomic E-state index is 12.7. The molecule has 0 heterocycles. The Hall–Kier alpha value is -2.71. The van der Waals surface area contributed by atoms with Crippen LogP contribution >= 0.6 is 0 Å². The van der Waals surface area contributed by atoms with Crippen LogP contribution in [-0.2, 0) is 28.6 Å². The van der Waals surface area contributed by atoms with Crippen LogP contribution in [0.2, 0.25) is 0 Å². The second-order valence-electron chi connectivity index (χ2n) is 15.2. The Morgan fingerprint density at radius 2 is 1.06 bits per heavy atom. The van der Waals surface area contributed by atoms with Gasteiger partial charge in [0.1, 0.15) is 6.61 Å². The van der Waals surface area contributed by atoms with Crippen LogP contribution in [0.3, 0.4) is 0 Å². The van der Waals surface area contributed by atoms with Gasteiger partial charge in [0.25, 0.3) is 0 Å². The van der Waals surface area contributed by atoms with Gasteiger partial charge in [-0.25, -0.2) is 4.79 Å². The fourth-order valence-corrected chi connectivity index (χ4v) is 5.92. The Labute approximate surface area is 325 Å². The lowest BCUT2D eigenvalue weighted by Gasteiger charge is -2.31. The van der Waals surface area contributed by atoms with Crippen LogP contribution in [0.4, 0.5) is 0 Å². The summed E-state index contributed by atoms with van der Waals surface area (Å²) in [5, 5.41) is 9.60. The third-order valence-electron chi connectivity index (χ3n) is 9.21. The molecule has 8 heteroatoms. The second kappa shape index (κ2) is 36.3. The van der Waals surface area contributed by atoms with Gasteiger partial charge in [-0.1, -0.05) is 127 Å². The van der Waals surface area contributed by atoms with E-state index < -0.39 is 18.1 Å². The van der Waals surface area contributed by atoms with Crippen LogP contribution in [0.25, 0.3) is 0 Å². The summed E-state index contributed by atoms with van der Waals surface area (Å²) in [7, 11) is 5.50. The highest BCUT2D eigenvalue weighted by atomic mass is 16.6. The van der Waals surface area contributed by atoms with E-state index in [1.54, 1.807) is 0 Å². The van der Waals surface area contributed by atoms with Gasteiger partial charge in [0.2, 0.25) is 0 Å². The number of carbonyl (C=O) groups is 3. The van der Waals surface area contributed by atoms with E-state index in [9.17, 15) is 19.5 Å². The van der Waals surface area contributed by atoms with Gasteiger partial charge in [-0.15, -0.1) is 0 Å². The SMILES string of the molecule is CC/C=C/C/C=C/C/C=C/CCCCC(=O)OC(COCCC(C(=O)O)[N+](C)(C)C)COC(=O)CCCCCCCCC/C=C/CCCCCCCC. The number of carbonyl (C=O) groups excluding carboxylic acids is 2. The van der Waals surface area contributed by atoms with Crippen LogP contribution in [0.5, 0.6) is 0 Å². The molecule has 0 aromatic carbocycles. The van der Waals surface area contributed by atoms with Crippen molar-refractivity contribution in [3.63, 3.8) is 0 Å². The number of esters is 2. The van der Waals surface area contributed by atoms with Crippen molar-refractivity contribution >= 4 is 17.9 Å². The molecule has 0 aliphatic carbocycles. The summed E-state index contributed by atoms with van der Waals surface area (Å²) < 4.78 is 17.2. The number of hydrogen-bond acceptors (Lipinski definition) is 6. The van der Waals surface area contributed by atoms with Crippen LogP contribution in [0.1, 0.15) is 168 Å². The van der Waals surface area contributed by atoms with Gasteiger partial charge in [-0.05, 0) is 70.6 Å². The molecular formula is C45H80NO7+. The first-order chi connectivity index (χ1) is 25.6. The number of unbranched alkanes of at least 4 members (excludes halogenated alkanes) is 15. The fraction of sp³-hybridized carbons (Fsp3) is 0.756. The summed E-state index contributed by atoms with van der Waals surface area (Å²) in [6.07, 6.45) is 41.6. The average Bonchev–Trinajstić information content (AvgIpc) is 3.11. The van der Waals surface area contributed by atoms with E-state index in [2.05, 4.69) is 62.5 Å². The van der Waals surface area contributed by atoms with E-state index >= 15 is 0 Å². The minimum absolute atomic E-state index is 0.0436. The van der Waals surface area contributed by atoms with Crippen molar-refractivity contribution in [3.8, 4) is 0 Å². The Kier molecular flexibility index (Phi) is 34.4. The first-order valence-electron chi connectivity index (χ1n) is 21.2. The summed E-state index contributed by atoms with van der Waals surface area (Å²) in [5.74, 6) is -1.53. The van der Waals surface area contributed by atoms with Gasteiger partial charge in [0.05, 0.1) is 34.4 Å². The summed E-state index contributed by atoms with van der Waals surface area (Å²) in [5.41, 5.74) is 0. The van der Waals surface area contributed by atoms with Gasteiger partial charge in [0, 0.05) is 19.3 Å². The molecule has 8 nitrogen and oxygen atoms in total. The summed E-state index contributed by atoms with van der Waals surface area (Å²) in [6.45, 7) is 4.56. The predicted octanol–water partition coefficient (Wildman–Crippen LogP) is 11.2. The molecule has 0 saturated heterocycles. The highest BCUT2D eigenvalue weighted by Crippen LogP contribution is 2.13. The van der Waals surface area contributed by atoms with Crippen molar-refractivity contribution in [2.45, 2.75) is 180 Å². The molecule has 0 rings (SSSR count). The third kappa shape index (κ3) is 34.8. The summed E-state index contributed by atoms with van der Waals surface area (Å²) >= 11 is 0. The van der Waals surface area contributed by atoms with Crippen molar-refractivity contribution in [1.82, 2.24) is 0 Å². The van der Waals surface area contributed by atoms with Gasteiger partial charge in [-0.2, -0.15) is 0 Å². The molecule has 0 aliphatic rings. The molecule has 0 saturated carbocycles. The van der Waals surface area contributed by atoms with E-state index in [0.29, 0.717) is 19.3 Å². The minimum Gasteiger partial charge on any atom is -0.477 e. The maximum atomic E-state index is 12.7. The van der Waals surface area contributed by atoms with E-state index in [4.69, 9.17) is 14.2 Å². The van der Waals surface area contributed by atoms with E-state index in [0.717, 1.165) is 51.4 Å². The molecule has 0 aliphatic heterocycles. The van der Waals surface area contributed by atoms with Crippen LogP contribution in [0.15, 0.2) is 48.6 Å². The number of carboxylic acid groups (broad SMARTS) is 1. The Bertz CT molecular complexity index is 1010. The Morgan fingerprint density at radius 1 is 0.585 bits per heavy atom. The molecule has 0 fully saturated rings. The maximum Gasteiger partial charge on any atom is 0.362 e. The molecule has 306 valence electrons. The van der Waals surface area contributed by atoms with Gasteiger partial charge in [-0.3, -0.25) is 9.59 Å². The van der Waals surface area contributed by atoms with Crippen molar-refractivity contribution < 1.29 is 38.2 Å². The first-order valence-corrected chi connectivity index (χ1v) is 21.2. The van der Waals surface area contributed by atoms with Gasteiger partial charge >= 0.3 is 17.9 Å². The largest absolute Gasteiger partial charge is 0.477 e. The predicted molar refractivity (Wildman–Crippen MR) is 220 cm³/mol. The molecule has 0 radical (unpaired) electrons. The van der Waals surface area contributed by atoms with E-state index in [1.807, 2.05) is 21.1 Å². The van der Waals surface area contributed by atoms with Gasteiger partial charge < -0.3 is 23.8 Å². The monoisotopic (exact) mass is 747 g/mol. The van der Waals surface area contributed by atoms with Crippen LogP contribution < -0.4 is 0 Å². The lowest BCUT2D eigenvalue weighted by molar-refractivity contribution is -0.887. The van der Waals surface area contributed by atoms with Crippen molar-refractivity contribution in [2.24, 2.45) is 0 Å². The molecule has 0 aromatic rings. The quantitative estimate of drug-likeness (QED) is 0.0292. The third-order valence-corrected chi connectivity index (χ3v) is 9.21. The molecule has 53 heavy (non-hydrogen) atoms. The lowest BCUT2D eigenvalue weighted by atomic mass is 10.1. The molecule has 2 atom stereocenters. The summed E-state index contributed by atoms with van der Waals surface area (Å²) in [4.78, 5) is 36.9. The normalized spacial score (nSPS) is 13.5. The molecular weight excluding hydrogens is 666 g/mol. The summed E-state index contributed by atoms with van der Waals surface area (Å²) in [6, 6.07) is -0.622. The minimum atomic E-state index is -0.883. The van der Waals surface area contributed by atoms with Crippen LogP contribution in [0, 0.1) is 0 Å². The first kappa shape index (κ1) is 50.3. The molecule has 2 unspecified atom stereocenters. The lowest BCUT2D eigenvalue weighted by Crippen LogP contribution is -2.50. The van der Waals surface area contributed by atoms with Crippen LogP contribution in [-0.4, -0.2) is 80.6 Å². The van der Waals surface area contributed by atoms with E-state index in [1.165, 1.54) is 77.0 Å².